The van der Waals surface area contributed by atoms with Crippen molar-refractivity contribution in [2.75, 3.05) is 5.32 Å². The fourth-order valence-electron chi connectivity index (χ4n) is 2.27. The maximum atomic E-state index is 6.01. The van der Waals surface area contributed by atoms with Gasteiger partial charge in [0.25, 0.3) is 0 Å². The minimum absolute atomic E-state index is 0.0922. The average molecular weight is 319 g/mol. The van der Waals surface area contributed by atoms with Crippen LogP contribution in [0.5, 0.6) is 0 Å². The first-order chi connectivity index (χ1) is 9.94. The number of thiocarbonyl (C=S) groups is 1. The summed E-state index contributed by atoms with van der Waals surface area (Å²) in [5.41, 5.74) is 4.53. The van der Waals surface area contributed by atoms with E-state index >= 15 is 0 Å². The van der Waals surface area contributed by atoms with Crippen molar-refractivity contribution in [1.29, 1.82) is 0 Å². The molecule has 0 saturated heterocycles. The molecule has 110 valence electrons. The number of anilines is 1. The standard InChI is InChI=1S/C17H19ClN2S/c1-11-7-12(2)9-16(8-11)20-17(21)19-13(3)14-5-4-6-15(18)10-14/h4-10,13H,1-3H3,(H2,19,20,21)/t13-/m1/s1. The first kappa shape index (κ1) is 15.8. The van der Waals surface area contributed by atoms with E-state index in [4.69, 9.17) is 23.8 Å². The van der Waals surface area contributed by atoms with Gasteiger partial charge in [-0.25, -0.2) is 0 Å². The Balaban J connectivity index is 2.01. The van der Waals surface area contributed by atoms with Crippen molar-refractivity contribution in [2.24, 2.45) is 0 Å². The van der Waals surface area contributed by atoms with Crippen LogP contribution in [0.25, 0.3) is 0 Å². The van der Waals surface area contributed by atoms with Crippen molar-refractivity contribution >= 4 is 34.6 Å². The zero-order valence-electron chi connectivity index (χ0n) is 12.4. The smallest absolute Gasteiger partial charge is 0.171 e. The average Bonchev–Trinajstić information content (AvgIpc) is 2.37. The van der Waals surface area contributed by atoms with Gasteiger partial charge in [0.1, 0.15) is 0 Å². The van der Waals surface area contributed by atoms with Crippen LogP contribution in [-0.2, 0) is 0 Å². The zero-order chi connectivity index (χ0) is 15.4. The summed E-state index contributed by atoms with van der Waals surface area (Å²) in [5.74, 6) is 0. The highest BCUT2D eigenvalue weighted by Gasteiger charge is 2.08. The molecule has 0 fully saturated rings. The first-order valence-electron chi connectivity index (χ1n) is 6.85. The second kappa shape index (κ2) is 6.92. The lowest BCUT2D eigenvalue weighted by molar-refractivity contribution is 0.723. The number of aryl methyl sites for hydroxylation is 2. The molecular formula is C17H19ClN2S. The van der Waals surface area contributed by atoms with Gasteiger partial charge in [-0.1, -0.05) is 29.8 Å². The van der Waals surface area contributed by atoms with Gasteiger partial charge < -0.3 is 10.6 Å². The van der Waals surface area contributed by atoms with Crippen LogP contribution < -0.4 is 10.6 Å². The summed E-state index contributed by atoms with van der Waals surface area (Å²) in [6, 6.07) is 14.2. The monoisotopic (exact) mass is 318 g/mol. The normalized spacial score (nSPS) is 11.8. The molecule has 0 unspecified atom stereocenters. The Kier molecular flexibility index (Phi) is 5.21. The fraction of sp³-hybridized carbons (Fsp3) is 0.235. The van der Waals surface area contributed by atoms with E-state index in [2.05, 4.69) is 49.6 Å². The molecule has 0 aromatic heterocycles. The molecule has 0 aliphatic heterocycles. The van der Waals surface area contributed by atoms with Gasteiger partial charge in [-0.15, -0.1) is 0 Å². The highest BCUT2D eigenvalue weighted by Crippen LogP contribution is 2.18. The Bertz CT molecular complexity index is 635. The molecule has 1 atom stereocenters. The molecule has 21 heavy (non-hydrogen) atoms. The van der Waals surface area contributed by atoms with Crippen molar-refractivity contribution < 1.29 is 0 Å². The summed E-state index contributed by atoms with van der Waals surface area (Å²) in [6.45, 7) is 6.20. The van der Waals surface area contributed by atoms with E-state index in [1.54, 1.807) is 0 Å². The number of halogens is 1. The lowest BCUT2D eigenvalue weighted by Crippen LogP contribution is -2.30. The molecule has 2 nitrogen and oxygen atoms in total. The van der Waals surface area contributed by atoms with Crippen LogP contribution >= 0.6 is 23.8 Å². The van der Waals surface area contributed by atoms with Crippen LogP contribution in [0.3, 0.4) is 0 Å². The highest BCUT2D eigenvalue weighted by atomic mass is 35.5. The molecule has 0 aliphatic rings. The Morgan fingerprint density at radius 1 is 1.10 bits per heavy atom. The molecule has 2 aromatic rings. The Hall–Kier alpha value is -1.58. The number of benzene rings is 2. The maximum Gasteiger partial charge on any atom is 0.171 e. The van der Waals surface area contributed by atoms with Crippen molar-refractivity contribution in [3.05, 3.63) is 64.2 Å². The third-order valence-corrected chi connectivity index (χ3v) is 3.63. The maximum absolute atomic E-state index is 6.01. The van der Waals surface area contributed by atoms with Gasteiger partial charge >= 0.3 is 0 Å². The van der Waals surface area contributed by atoms with Crippen LogP contribution in [0.2, 0.25) is 5.02 Å². The Labute approximate surface area is 136 Å². The molecule has 0 spiro atoms. The van der Waals surface area contributed by atoms with Gasteiger partial charge in [-0.05, 0) is 73.9 Å². The quantitative estimate of drug-likeness (QED) is 0.778. The molecule has 2 N–H and O–H groups in total. The number of nitrogens with one attached hydrogen (secondary N) is 2. The number of rotatable bonds is 3. The summed E-state index contributed by atoms with van der Waals surface area (Å²) < 4.78 is 0. The molecule has 0 bridgehead atoms. The summed E-state index contributed by atoms with van der Waals surface area (Å²) in [4.78, 5) is 0. The Morgan fingerprint density at radius 2 is 1.76 bits per heavy atom. The topological polar surface area (TPSA) is 24.1 Å². The van der Waals surface area contributed by atoms with Crippen LogP contribution in [-0.4, -0.2) is 5.11 Å². The molecule has 0 heterocycles. The predicted molar refractivity (Wildman–Crippen MR) is 95.1 cm³/mol. The molecule has 0 aliphatic carbocycles. The first-order valence-corrected chi connectivity index (χ1v) is 7.64. The Morgan fingerprint density at radius 3 is 2.38 bits per heavy atom. The summed E-state index contributed by atoms with van der Waals surface area (Å²) in [5, 5.41) is 7.83. The highest BCUT2D eigenvalue weighted by molar-refractivity contribution is 7.80. The predicted octanol–water partition coefficient (Wildman–Crippen LogP) is 5.00. The third-order valence-electron chi connectivity index (χ3n) is 3.18. The molecule has 2 rings (SSSR count). The molecule has 0 amide bonds. The van der Waals surface area contributed by atoms with E-state index in [-0.39, 0.29) is 6.04 Å². The molecular weight excluding hydrogens is 300 g/mol. The third kappa shape index (κ3) is 4.73. The van der Waals surface area contributed by atoms with Crippen LogP contribution in [0.1, 0.15) is 29.7 Å². The van der Waals surface area contributed by atoms with E-state index in [1.807, 2.05) is 24.3 Å². The minimum atomic E-state index is 0.0922. The second-order valence-corrected chi connectivity index (χ2v) is 6.10. The lowest BCUT2D eigenvalue weighted by Gasteiger charge is -2.18. The van der Waals surface area contributed by atoms with Gasteiger partial charge in [0.05, 0.1) is 6.04 Å². The molecule has 4 heteroatoms. The van der Waals surface area contributed by atoms with Gasteiger partial charge in [-0.3, -0.25) is 0 Å². The summed E-state index contributed by atoms with van der Waals surface area (Å²) in [7, 11) is 0. The van der Waals surface area contributed by atoms with Gasteiger partial charge in [0, 0.05) is 10.7 Å². The van der Waals surface area contributed by atoms with Gasteiger partial charge in [-0.2, -0.15) is 0 Å². The van der Waals surface area contributed by atoms with Gasteiger partial charge in [0.2, 0.25) is 0 Å². The van der Waals surface area contributed by atoms with E-state index in [1.165, 1.54) is 11.1 Å². The van der Waals surface area contributed by atoms with Crippen molar-refractivity contribution in [2.45, 2.75) is 26.8 Å². The largest absolute Gasteiger partial charge is 0.356 e. The summed E-state index contributed by atoms with van der Waals surface area (Å²) >= 11 is 11.4. The molecule has 2 aromatic carbocycles. The van der Waals surface area contributed by atoms with E-state index in [9.17, 15) is 0 Å². The number of hydrogen-bond donors (Lipinski definition) is 2. The van der Waals surface area contributed by atoms with Crippen molar-refractivity contribution in [3.8, 4) is 0 Å². The number of hydrogen-bond acceptors (Lipinski definition) is 1. The van der Waals surface area contributed by atoms with Gasteiger partial charge in [0.15, 0.2) is 5.11 Å². The second-order valence-electron chi connectivity index (χ2n) is 5.25. The SMILES string of the molecule is Cc1cc(C)cc(NC(=S)N[C@H](C)c2cccc(Cl)c2)c1. The van der Waals surface area contributed by atoms with Crippen molar-refractivity contribution in [3.63, 3.8) is 0 Å². The van der Waals surface area contributed by atoms with E-state index in [0.717, 1.165) is 16.3 Å². The molecule has 0 radical (unpaired) electrons. The van der Waals surface area contributed by atoms with Crippen LogP contribution in [0, 0.1) is 13.8 Å². The lowest BCUT2D eigenvalue weighted by atomic mass is 10.1. The molecule has 0 saturated carbocycles. The van der Waals surface area contributed by atoms with Crippen molar-refractivity contribution in [1.82, 2.24) is 5.32 Å². The van der Waals surface area contributed by atoms with Crippen LogP contribution in [0.15, 0.2) is 42.5 Å². The summed E-state index contributed by atoms with van der Waals surface area (Å²) in [6.07, 6.45) is 0. The minimum Gasteiger partial charge on any atom is -0.356 e. The fourth-order valence-corrected chi connectivity index (χ4v) is 2.76. The van der Waals surface area contributed by atoms with Crippen LogP contribution in [0.4, 0.5) is 5.69 Å². The van der Waals surface area contributed by atoms with E-state index in [0.29, 0.717) is 5.11 Å². The van der Waals surface area contributed by atoms with E-state index < -0.39 is 0 Å². The zero-order valence-corrected chi connectivity index (χ0v) is 14.0.